The van der Waals surface area contributed by atoms with Crippen LogP contribution in [0.3, 0.4) is 0 Å². The second-order valence-electron chi connectivity index (χ2n) is 7.51. The van der Waals surface area contributed by atoms with Crippen molar-refractivity contribution in [3.05, 3.63) is 77.9 Å². The molecule has 0 heterocycles. The van der Waals surface area contributed by atoms with Crippen molar-refractivity contribution in [2.45, 2.75) is 39.9 Å². The normalized spacial score (nSPS) is 10.9. The smallest absolute Gasteiger partial charge is 0.411 e. The summed E-state index contributed by atoms with van der Waals surface area (Å²) in [6.45, 7) is 4.53. The SMILES string of the molecule is CC(=O)OC(CC(=O)O)C(C)=O.Cc1cc2ccccc2cc1NC(=O)OCc1ccccc1. The van der Waals surface area contributed by atoms with Crippen molar-refractivity contribution in [3.63, 3.8) is 0 Å². The third kappa shape index (κ3) is 8.74. The lowest BCUT2D eigenvalue weighted by Gasteiger charge is -2.11. The van der Waals surface area contributed by atoms with E-state index in [0.717, 1.165) is 34.5 Å². The number of ether oxygens (including phenoxy) is 2. The van der Waals surface area contributed by atoms with E-state index in [-0.39, 0.29) is 6.61 Å². The van der Waals surface area contributed by atoms with E-state index >= 15 is 0 Å². The number of benzene rings is 3. The van der Waals surface area contributed by atoms with Crippen LogP contribution in [-0.2, 0) is 30.5 Å². The number of carbonyl (C=O) groups is 4. The highest BCUT2D eigenvalue weighted by Crippen LogP contribution is 2.23. The molecule has 0 aliphatic heterocycles. The first kappa shape index (κ1) is 26.1. The topological polar surface area (TPSA) is 119 Å². The van der Waals surface area contributed by atoms with Crippen LogP contribution >= 0.6 is 0 Å². The van der Waals surface area contributed by atoms with Gasteiger partial charge in [0.1, 0.15) is 6.61 Å². The van der Waals surface area contributed by atoms with Crippen molar-refractivity contribution in [1.82, 2.24) is 0 Å². The number of hydrogen-bond acceptors (Lipinski definition) is 6. The number of hydrogen-bond donors (Lipinski definition) is 2. The van der Waals surface area contributed by atoms with Gasteiger partial charge in [0.15, 0.2) is 11.9 Å². The predicted molar refractivity (Wildman–Crippen MR) is 127 cm³/mol. The van der Waals surface area contributed by atoms with Crippen LogP contribution in [0.2, 0.25) is 0 Å². The van der Waals surface area contributed by atoms with Crippen LogP contribution in [0.1, 0.15) is 31.4 Å². The first-order valence-corrected chi connectivity index (χ1v) is 10.5. The first-order valence-electron chi connectivity index (χ1n) is 10.5. The fourth-order valence-electron chi connectivity index (χ4n) is 2.99. The summed E-state index contributed by atoms with van der Waals surface area (Å²) < 4.78 is 9.70. The maximum atomic E-state index is 11.9. The molecular weight excluding hydrogens is 438 g/mol. The molecule has 3 rings (SSSR count). The van der Waals surface area contributed by atoms with Gasteiger partial charge in [-0.1, -0.05) is 54.6 Å². The van der Waals surface area contributed by atoms with Crippen LogP contribution in [0.15, 0.2) is 66.7 Å². The number of anilines is 1. The van der Waals surface area contributed by atoms with Crippen LogP contribution in [0, 0.1) is 6.92 Å². The fourth-order valence-corrected chi connectivity index (χ4v) is 2.99. The quantitative estimate of drug-likeness (QED) is 0.477. The van der Waals surface area contributed by atoms with Gasteiger partial charge in [-0.25, -0.2) is 4.79 Å². The summed E-state index contributed by atoms with van der Waals surface area (Å²) in [4.78, 5) is 43.1. The summed E-state index contributed by atoms with van der Waals surface area (Å²) in [5.41, 5.74) is 2.75. The van der Waals surface area contributed by atoms with Gasteiger partial charge < -0.3 is 14.6 Å². The standard InChI is InChI=1S/C19H17NO2.C7H10O5/c1-14-11-16-9-5-6-10-17(16)12-18(14)20-19(21)22-13-15-7-3-2-4-8-15;1-4(8)6(3-7(10)11)12-5(2)9/h2-12H,13H2,1H3,(H,20,21);6H,3H2,1-2H3,(H,10,11). The van der Waals surface area contributed by atoms with Gasteiger partial charge in [0.25, 0.3) is 0 Å². The Hall–Kier alpha value is -4.20. The highest BCUT2D eigenvalue weighted by atomic mass is 16.6. The molecule has 3 aromatic carbocycles. The Kier molecular flexibility index (Phi) is 9.76. The van der Waals surface area contributed by atoms with Crippen LogP contribution in [-0.4, -0.2) is 35.0 Å². The first-order chi connectivity index (χ1) is 16.2. The van der Waals surface area contributed by atoms with Crippen molar-refractivity contribution >= 4 is 40.3 Å². The highest BCUT2D eigenvalue weighted by molar-refractivity contribution is 5.92. The van der Waals surface area contributed by atoms with Crippen molar-refractivity contribution in [2.24, 2.45) is 0 Å². The monoisotopic (exact) mass is 465 g/mol. The number of amides is 1. The molecule has 0 aliphatic rings. The molecule has 2 N–H and O–H groups in total. The van der Waals surface area contributed by atoms with E-state index in [9.17, 15) is 19.2 Å². The number of esters is 1. The third-order valence-electron chi connectivity index (χ3n) is 4.66. The molecule has 178 valence electrons. The van der Waals surface area contributed by atoms with E-state index in [1.54, 1.807) is 0 Å². The Morgan fingerprint density at radius 1 is 0.912 bits per heavy atom. The van der Waals surface area contributed by atoms with Gasteiger partial charge in [-0.3, -0.25) is 19.7 Å². The van der Waals surface area contributed by atoms with Gasteiger partial charge in [0.05, 0.1) is 6.42 Å². The van der Waals surface area contributed by atoms with Gasteiger partial charge in [-0.15, -0.1) is 0 Å². The Morgan fingerprint density at radius 2 is 1.50 bits per heavy atom. The predicted octanol–water partition coefficient (Wildman–Crippen LogP) is 4.88. The van der Waals surface area contributed by atoms with Gasteiger partial charge in [-0.05, 0) is 47.9 Å². The molecule has 0 radical (unpaired) electrons. The maximum absolute atomic E-state index is 11.9. The van der Waals surface area contributed by atoms with Crippen molar-refractivity contribution in [3.8, 4) is 0 Å². The number of Topliss-reactive ketones (excluding diaryl/α,β-unsaturated/α-hetero) is 1. The minimum absolute atomic E-state index is 0.263. The minimum Gasteiger partial charge on any atom is -0.481 e. The molecule has 1 amide bonds. The van der Waals surface area contributed by atoms with Crippen LogP contribution in [0.4, 0.5) is 10.5 Å². The fraction of sp³-hybridized carbons (Fsp3) is 0.231. The Bertz CT molecular complexity index is 1140. The number of ketones is 1. The number of aryl methyl sites for hydroxylation is 1. The van der Waals surface area contributed by atoms with Gasteiger partial charge in [0, 0.05) is 12.6 Å². The molecule has 3 aromatic rings. The molecule has 0 saturated carbocycles. The van der Waals surface area contributed by atoms with E-state index in [4.69, 9.17) is 9.84 Å². The molecule has 8 nitrogen and oxygen atoms in total. The number of carboxylic acids is 1. The summed E-state index contributed by atoms with van der Waals surface area (Å²) in [5, 5.41) is 13.4. The van der Waals surface area contributed by atoms with E-state index in [1.165, 1.54) is 6.92 Å². The second kappa shape index (κ2) is 12.7. The largest absolute Gasteiger partial charge is 0.481 e. The molecule has 0 fully saturated rings. The molecule has 8 heteroatoms. The number of rotatable bonds is 7. The number of carboxylic acid groups (broad SMARTS) is 1. The van der Waals surface area contributed by atoms with E-state index < -0.39 is 36.3 Å². The van der Waals surface area contributed by atoms with Crippen molar-refractivity contribution in [1.29, 1.82) is 0 Å². The van der Waals surface area contributed by atoms with Gasteiger partial charge in [-0.2, -0.15) is 0 Å². The Balaban J connectivity index is 0.000000292. The Morgan fingerprint density at radius 3 is 2.06 bits per heavy atom. The lowest BCUT2D eigenvalue weighted by molar-refractivity contribution is -0.156. The lowest BCUT2D eigenvalue weighted by Crippen LogP contribution is -2.26. The number of aliphatic carboxylic acids is 1. The average Bonchev–Trinajstić information content (AvgIpc) is 2.78. The van der Waals surface area contributed by atoms with Crippen LogP contribution < -0.4 is 5.32 Å². The molecule has 1 unspecified atom stereocenters. The van der Waals surface area contributed by atoms with E-state index in [2.05, 4.69) is 22.2 Å². The molecule has 1 atom stereocenters. The molecule has 34 heavy (non-hydrogen) atoms. The summed E-state index contributed by atoms with van der Waals surface area (Å²) in [5.74, 6) is -2.29. The zero-order chi connectivity index (χ0) is 25.1. The third-order valence-corrected chi connectivity index (χ3v) is 4.66. The second-order valence-corrected chi connectivity index (χ2v) is 7.51. The zero-order valence-electron chi connectivity index (χ0n) is 19.2. The van der Waals surface area contributed by atoms with E-state index in [1.807, 2.05) is 61.5 Å². The van der Waals surface area contributed by atoms with Gasteiger partial charge in [0.2, 0.25) is 0 Å². The van der Waals surface area contributed by atoms with E-state index in [0.29, 0.717) is 0 Å². The summed E-state index contributed by atoms with van der Waals surface area (Å²) >= 11 is 0. The van der Waals surface area contributed by atoms with Crippen LogP contribution in [0.5, 0.6) is 0 Å². The Labute approximate surface area is 197 Å². The molecule has 0 aromatic heterocycles. The highest BCUT2D eigenvalue weighted by Gasteiger charge is 2.20. The lowest BCUT2D eigenvalue weighted by atomic mass is 10.1. The van der Waals surface area contributed by atoms with Crippen LogP contribution in [0.25, 0.3) is 10.8 Å². The molecule has 0 aliphatic carbocycles. The van der Waals surface area contributed by atoms with Crippen molar-refractivity contribution in [2.75, 3.05) is 5.32 Å². The molecular formula is C26H27NO7. The van der Waals surface area contributed by atoms with Gasteiger partial charge >= 0.3 is 18.0 Å². The number of carbonyl (C=O) groups excluding carboxylic acids is 3. The number of nitrogens with one attached hydrogen (secondary N) is 1. The number of fused-ring (bicyclic) bond motifs is 1. The molecule has 0 spiro atoms. The minimum atomic E-state index is -1.17. The summed E-state index contributed by atoms with van der Waals surface area (Å²) in [7, 11) is 0. The average molecular weight is 466 g/mol. The summed E-state index contributed by atoms with van der Waals surface area (Å²) in [6, 6.07) is 21.7. The molecule has 0 bridgehead atoms. The van der Waals surface area contributed by atoms with Crippen molar-refractivity contribution < 1.29 is 33.8 Å². The molecule has 0 saturated heterocycles. The summed E-state index contributed by atoms with van der Waals surface area (Å²) in [6.07, 6.45) is -2.07. The maximum Gasteiger partial charge on any atom is 0.411 e. The zero-order valence-corrected chi connectivity index (χ0v) is 19.2.